The number of esters is 1. The standard InChI is InChI=1S/C13H15F4NO3/c1-3-21-12(19)10(14)11(18)8-5-4-7(13(15,16)17)6-9(8)20-2/h4-6,10-11H,3,18H2,1-2H3/t10?,11-/m1/s1. The zero-order valence-electron chi connectivity index (χ0n) is 11.4. The summed E-state index contributed by atoms with van der Waals surface area (Å²) in [7, 11) is 1.13. The molecule has 1 rings (SSSR count). The van der Waals surface area contributed by atoms with Crippen LogP contribution in [0.3, 0.4) is 0 Å². The molecule has 0 heterocycles. The summed E-state index contributed by atoms with van der Waals surface area (Å²) in [4.78, 5) is 11.3. The average Bonchev–Trinajstić information content (AvgIpc) is 2.44. The van der Waals surface area contributed by atoms with Gasteiger partial charge in [-0.05, 0) is 19.1 Å². The third-order valence-corrected chi connectivity index (χ3v) is 2.75. The molecule has 0 aromatic heterocycles. The van der Waals surface area contributed by atoms with E-state index in [0.29, 0.717) is 6.07 Å². The maximum Gasteiger partial charge on any atom is 0.416 e. The van der Waals surface area contributed by atoms with E-state index in [1.54, 1.807) is 0 Å². The van der Waals surface area contributed by atoms with Crippen LogP contribution in [-0.4, -0.2) is 25.9 Å². The van der Waals surface area contributed by atoms with Crippen molar-refractivity contribution >= 4 is 5.97 Å². The molecule has 1 aromatic rings. The van der Waals surface area contributed by atoms with Gasteiger partial charge in [0.05, 0.1) is 25.3 Å². The van der Waals surface area contributed by atoms with Gasteiger partial charge in [-0.3, -0.25) is 0 Å². The van der Waals surface area contributed by atoms with Crippen LogP contribution in [0.5, 0.6) is 5.75 Å². The van der Waals surface area contributed by atoms with Crippen LogP contribution in [-0.2, 0) is 15.7 Å². The quantitative estimate of drug-likeness (QED) is 0.671. The number of benzene rings is 1. The van der Waals surface area contributed by atoms with E-state index in [2.05, 4.69) is 4.74 Å². The number of ether oxygens (including phenoxy) is 2. The summed E-state index contributed by atoms with van der Waals surface area (Å²) in [6.07, 6.45) is -6.76. The minimum Gasteiger partial charge on any atom is -0.496 e. The average molecular weight is 309 g/mol. The van der Waals surface area contributed by atoms with Crippen molar-refractivity contribution in [1.82, 2.24) is 0 Å². The first-order valence-electron chi connectivity index (χ1n) is 6.03. The minimum absolute atomic E-state index is 0.0316. The molecule has 0 aliphatic rings. The van der Waals surface area contributed by atoms with Gasteiger partial charge in [-0.15, -0.1) is 0 Å². The van der Waals surface area contributed by atoms with E-state index < -0.39 is 29.9 Å². The zero-order chi connectivity index (χ0) is 16.2. The number of rotatable bonds is 5. The molecule has 0 bridgehead atoms. The van der Waals surface area contributed by atoms with Crippen LogP contribution >= 0.6 is 0 Å². The Morgan fingerprint density at radius 3 is 2.48 bits per heavy atom. The Kier molecular flexibility index (Phi) is 5.54. The summed E-state index contributed by atoms with van der Waals surface area (Å²) >= 11 is 0. The van der Waals surface area contributed by atoms with Gasteiger partial charge in [-0.25, -0.2) is 9.18 Å². The molecule has 4 nitrogen and oxygen atoms in total. The Bertz CT molecular complexity index is 505. The van der Waals surface area contributed by atoms with Crippen molar-refractivity contribution < 1.29 is 31.8 Å². The van der Waals surface area contributed by atoms with Crippen LogP contribution < -0.4 is 10.5 Å². The second-order valence-corrected chi connectivity index (χ2v) is 4.13. The van der Waals surface area contributed by atoms with Crippen LogP contribution in [0.2, 0.25) is 0 Å². The molecule has 0 aliphatic heterocycles. The predicted molar refractivity (Wildman–Crippen MR) is 66.5 cm³/mol. The molecular weight excluding hydrogens is 294 g/mol. The molecule has 0 saturated heterocycles. The summed E-state index contributed by atoms with van der Waals surface area (Å²) in [6, 6.07) is 0.946. The molecule has 0 fully saturated rings. The molecule has 2 atom stereocenters. The second-order valence-electron chi connectivity index (χ2n) is 4.13. The highest BCUT2D eigenvalue weighted by atomic mass is 19.4. The molecule has 0 radical (unpaired) electrons. The van der Waals surface area contributed by atoms with Gasteiger partial charge in [0, 0.05) is 5.56 Å². The lowest BCUT2D eigenvalue weighted by molar-refractivity contribution is -0.150. The van der Waals surface area contributed by atoms with Crippen molar-refractivity contribution in [2.24, 2.45) is 5.73 Å². The third kappa shape index (κ3) is 4.07. The molecule has 1 aromatic carbocycles. The molecule has 0 amide bonds. The fourth-order valence-electron chi connectivity index (χ4n) is 1.69. The summed E-state index contributed by atoms with van der Waals surface area (Å²) in [5, 5.41) is 0. The van der Waals surface area contributed by atoms with Crippen molar-refractivity contribution in [3.8, 4) is 5.75 Å². The van der Waals surface area contributed by atoms with Gasteiger partial charge < -0.3 is 15.2 Å². The minimum atomic E-state index is -4.56. The lowest BCUT2D eigenvalue weighted by Gasteiger charge is -2.19. The normalized spacial score (nSPS) is 14.4. The lowest BCUT2D eigenvalue weighted by Crippen LogP contribution is -2.31. The maximum absolute atomic E-state index is 13.8. The number of nitrogens with two attached hydrogens (primary N) is 1. The molecular formula is C13H15F4NO3. The number of hydrogen-bond acceptors (Lipinski definition) is 4. The van der Waals surface area contributed by atoms with Crippen LogP contribution in [0.4, 0.5) is 17.6 Å². The maximum atomic E-state index is 13.8. The van der Waals surface area contributed by atoms with Crippen LogP contribution in [0.25, 0.3) is 0 Å². The third-order valence-electron chi connectivity index (χ3n) is 2.75. The van der Waals surface area contributed by atoms with Crippen molar-refractivity contribution in [3.05, 3.63) is 29.3 Å². The van der Waals surface area contributed by atoms with Crippen molar-refractivity contribution in [3.63, 3.8) is 0 Å². The highest BCUT2D eigenvalue weighted by molar-refractivity contribution is 5.76. The number of hydrogen-bond donors (Lipinski definition) is 1. The first-order chi connectivity index (χ1) is 9.72. The number of alkyl halides is 4. The van der Waals surface area contributed by atoms with Crippen molar-refractivity contribution in [1.29, 1.82) is 0 Å². The first kappa shape index (κ1) is 17.2. The monoisotopic (exact) mass is 309 g/mol. The SMILES string of the molecule is CCOC(=O)C(F)[C@H](N)c1ccc(C(F)(F)F)cc1OC. The predicted octanol–water partition coefficient (Wildman–Crippen LogP) is 2.62. The Balaban J connectivity index is 3.10. The van der Waals surface area contributed by atoms with Crippen LogP contribution in [0, 0.1) is 0 Å². The molecule has 1 unspecified atom stereocenters. The molecule has 21 heavy (non-hydrogen) atoms. The molecule has 0 saturated carbocycles. The van der Waals surface area contributed by atoms with E-state index in [-0.39, 0.29) is 17.9 Å². The molecule has 118 valence electrons. The zero-order valence-corrected chi connectivity index (χ0v) is 11.4. The largest absolute Gasteiger partial charge is 0.496 e. The Morgan fingerprint density at radius 2 is 2.00 bits per heavy atom. The van der Waals surface area contributed by atoms with E-state index in [4.69, 9.17) is 10.5 Å². The van der Waals surface area contributed by atoms with Crippen molar-refractivity contribution in [2.45, 2.75) is 25.3 Å². The smallest absolute Gasteiger partial charge is 0.416 e. The lowest BCUT2D eigenvalue weighted by atomic mass is 10.00. The highest BCUT2D eigenvalue weighted by Gasteiger charge is 2.34. The fraction of sp³-hybridized carbons (Fsp3) is 0.462. The Morgan fingerprint density at radius 1 is 1.38 bits per heavy atom. The van der Waals surface area contributed by atoms with E-state index in [9.17, 15) is 22.4 Å². The summed E-state index contributed by atoms with van der Waals surface area (Å²) in [5.41, 5.74) is 4.56. The fourth-order valence-corrected chi connectivity index (χ4v) is 1.69. The van der Waals surface area contributed by atoms with E-state index in [0.717, 1.165) is 19.2 Å². The van der Waals surface area contributed by atoms with E-state index in [1.807, 2.05) is 0 Å². The Labute approximate surface area is 118 Å². The molecule has 8 heteroatoms. The number of carbonyl (C=O) groups is 1. The second kappa shape index (κ2) is 6.75. The van der Waals surface area contributed by atoms with E-state index in [1.165, 1.54) is 6.92 Å². The summed E-state index contributed by atoms with van der Waals surface area (Å²) in [5.74, 6) is -1.42. The topological polar surface area (TPSA) is 61.5 Å². The molecule has 0 aliphatic carbocycles. The van der Waals surface area contributed by atoms with Crippen molar-refractivity contribution in [2.75, 3.05) is 13.7 Å². The molecule has 2 N–H and O–H groups in total. The number of carbonyl (C=O) groups excluding carboxylic acids is 1. The highest BCUT2D eigenvalue weighted by Crippen LogP contribution is 2.35. The van der Waals surface area contributed by atoms with Crippen LogP contribution in [0.1, 0.15) is 24.1 Å². The number of halogens is 4. The van der Waals surface area contributed by atoms with Gasteiger partial charge in [0.15, 0.2) is 0 Å². The summed E-state index contributed by atoms with van der Waals surface area (Å²) < 4.78 is 60.9. The van der Waals surface area contributed by atoms with Gasteiger partial charge in [0.2, 0.25) is 6.17 Å². The van der Waals surface area contributed by atoms with E-state index >= 15 is 0 Å². The Hall–Kier alpha value is -1.83. The first-order valence-corrected chi connectivity index (χ1v) is 6.03. The molecule has 0 spiro atoms. The van der Waals surface area contributed by atoms with Gasteiger partial charge in [0.1, 0.15) is 5.75 Å². The van der Waals surface area contributed by atoms with Crippen LogP contribution in [0.15, 0.2) is 18.2 Å². The van der Waals surface area contributed by atoms with Gasteiger partial charge in [-0.2, -0.15) is 13.2 Å². The van der Waals surface area contributed by atoms with Gasteiger partial charge >= 0.3 is 12.1 Å². The van der Waals surface area contributed by atoms with Gasteiger partial charge in [-0.1, -0.05) is 6.07 Å². The number of methoxy groups -OCH3 is 1. The summed E-state index contributed by atoms with van der Waals surface area (Å²) in [6.45, 7) is 1.46. The van der Waals surface area contributed by atoms with Gasteiger partial charge in [0.25, 0.3) is 0 Å².